The first-order chi connectivity index (χ1) is 14.8. The second kappa shape index (κ2) is 7.09. The molecule has 1 aliphatic carbocycles. The number of carbonyl (C=O) groups excluding carboxylic acids is 1. The lowest BCUT2D eigenvalue weighted by Crippen LogP contribution is -2.40. The summed E-state index contributed by atoms with van der Waals surface area (Å²) in [7, 11) is 0. The van der Waals surface area contributed by atoms with Gasteiger partial charge in [0.1, 0.15) is 17.4 Å². The number of nitrogens with zero attached hydrogens (tertiary/aromatic N) is 3. The van der Waals surface area contributed by atoms with Gasteiger partial charge in [0.2, 0.25) is 5.91 Å². The summed E-state index contributed by atoms with van der Waals surface area (Å²) in [6.07, 6.45) is 7.85. The van der Waals surface area contributed by atoms with Gasteiger partial charge < -0.3 is 14.3 Å². The minimum atomic E-state index is -0.289. The average Bonchev–Trinajstić information content (AvgIpc) is 3.16. The topological polar surface area (TPSA) is 75.0 Å². The number of benzene rings is 1. The molecule has 0 radical (unpaired) electrons. The van der Waals surface area contributed by atoms with Crippen LogP contribution in [0.1, 0.15) is 58.9 Å². The zero-order valence-corrected chi connectivity index (χ0v) is 17.3. The molecule has 1 aromatic carbocycles. The Hall–Kier alpha value is -2.93. The van der Waals surface area contributed by atoms with Crippen molar-refractivity contribution in [3.8, 4) is 0 Å². The molecule has 1 aliphatic heterocycles. The number of aromatic amines is 1. The zero-order chi connectivity index (χ0) is 20.1. The number of H-pyrrole nitrogens is 1. The first-order valence-corrected chi connectivity index (χ1v) is 11.4. The van der Waals surface area contributed by atoms with Crippen LogP contribution in [0, 0.1) is 0 Å². The number of fused-ring (bicyclic) bond motifs is 2. The summed E-state index contributed by atoms with van der Waals surface area (Å²) in [6, 6.07) is 8.18. The van der Waals surface area contributed by atoms with E-state index in [9.17, 15) is 4.79 Å². The van der Waals surface area contributed by atoms with Gasteiger partial charge >= 0.3 is 0 Å². The summed E-state index contributed by atoms with van der Waals surface area (Å²) in [5.74, 6) is 1.52. The molecule has 0 saturated heterocycles. The van der Waals surface area contributed by atoms with E-state index in [1.807, 2.05) is 10.3 Å². The van der Waals surface area contributed by atoms with E-state index in [1.165, 1.54) is 18.4 Å². The van der Waals surface area contributed by atoms with Crippen molar-refractivity contribution in [3.63, 3.8) is 0 Å². The number of carbonyl (C=O) groups is 1. The molecule has 4 heterocycles. The van der Waals surface area contributed by atoms with Gasteiger partial charge in [-0.15, -0.1) is 11.3 Å². The first kappa shape index (κ1) is 17.9. The highest BCUT2D eigenvalue weighted by Gasteiger charge is 2.36. The molecule has 2 aliphatic rings. The molecule has 30 heavy (non-hydrogen) atoms. The van der Waals surface area contributed by atoms with E-state index in [0.717, 1.165) is 39.5 Å². The number of furan rings is 1. The molecular weight excluding hydrogens is 396 g/mol. The van der Waals surface area contributed by atoms with Crippen LogP contribution in [0.15, 0.2) is 46.6 Å². The number of aryl methyl sites for hydroxylation is 1. The number of rotatable bonds is 5. The van der Waals surface area contributed by atoms with E-state index in [4.69, 9.17) is 4.42 Å². The highest BCUT2D eigenvalue weighted by atomic mass is 32.1. The number of aromatic nitrogens is 3. The highest BCUT2D eigenvalue weighted by molar-refractivity contribution is 7.09. The van der Waals surface area contributed by atoms with Gasteiger partial charge in [0, 0.05) is 48.5 Å². The van der Waals surface area contributed by atoms with Crippen LogP contribution in [-0.2, 0) is 17.6 Å². The Morgan fingerprint density at radius 1 is 1.30 bits per heavy atom. The molecule has 6 nitrogen and oxygen atoms in total. The average molecular weight is 419 g/mol. The van der Waals surface area contributed by atoms with Gasteiger partial charge in [-0.3, -0.25) is 4.79 Å². The summed E-state index contributed by atoms with van der Waals surface area (Å²) >= 11 is 1.59. The molecule has 1 saturated carbocycles. The summed E-state index contributed by atoms with van der Waals surface area (Å²) in [5, 5.41) is 4.05. The zero-order valence-electron chi connectivity index (χ0n) is 16.5. The lowest BCUT2D eigenvalue weighted by molar-refractivity contribution is -0.133. The van der Waals surface area contributed by atoms with Crippen molar-refractivity contribution in [2.75, 3.05) is 6.54 Å². The van der Waals surface area contributed by atoms with Gasteiger partial charge in [0.25, 0.3) is 0 Å². The fourth-order valence-corrected chi connectivity index (χ4v) is 5.14. The quantitative estimate of drug-likeness (QED) is 0.514. The van der Waals surface area contributed by atoms with Crippen molar-refractivity contribution in [1.82, 2.24) is 19.9 Å². The molecule has 1 atom stereocenters. The summed E-state index contributed by atoms with van der Waals surface area (Å²) < 4.78 is 6.44. The third-order valence-electron chi connectivity index (χ3n) is 6.16. The number of imidazole rings is 1. The Balaban J connectivity index is 1.37. The fourth-order valence-electron chi connectivity index (χ4n) is 4.52. The van der Waals surface area contributed by atoms with E-state index >= 15 is 0 Å². The van der Waals surface area contributed by atoms with Crippen molar-refractivity contribution in [2.24, 2.45) is 0 Å². The minimum Gasteiger partial charge on any atom is -0.458 e. The standard InChI is InChI=1S/C23H22N4O2S/c28-20(7-6-19-24-9-11-30-19)27-10-8-17-21(26-13-25-17)22(27)18-12-15-2-1-3-16(14-4-5-14)23(15)29-18/h1-3,9,11-14,22H,4-8,10H2,(H,25,26)/t22-/m1/s1. The molecule has 1 fully saturated rings. The Labute approximate surface area is 178 Å². The largest absolute Gasteiger partial charge is 0.458 e. The third-order valence-corrected chi connectivity index (χ3v) is 7.00. The monoisotopic (exact) mass is 418 g/mol. The Bertz CT molecular complexity index is 1210. The molecule has 1 N–H and O–H groups in total. The molecule has 7 heteroatoms. The fraction of sp³-hybridized carbons (Fsp3) is 0.348. The molecule has 152 valence electrons. The van der Waals surface area contributed by atoms with Crippen molar-refractivity contribution >= 4 is 28.2 Å². The van der Waals surface area contributed by atoms with Crippen LogP contribution < -0.4 is 0 Å². The second-order valence-electron chi connectivity index (χ2n) is 8.12. The number of amides is 1. The van der Waals surface area contributed by atoms with Crippen LogP contribution in [0.4, 0.5) is 0 Å². The molecule has 4 aromatic rings. The Kier molecular flexibility index (Phi) is 4.23. The Morgan fingerprint density at radius 3 is 3.07 bits per heavy atom. The van der Waals surface area contributed by atoms with E-state index in [0.29, 0.717) is 25.3 Å². The van der Waals surface area contributed by atoms with E-state index in [1.54, 1.807) is 23.9 Å². The molecule has 0 unspecified atom stereocenters. The predicted molar refractivity (Wildman–Crippen MR) is 114 cm³/mol. The molecule has 0 spiro atoms. The maximum Gasteiger partial charge on any atom is 0.223 e. The van der Waals surface area contributed by atoms with Gasteiger partial charge in [-0.1, -0.05) is 18.2 Å². The molecule has 0 bridgehead atoms. The SMILES string of the molecule is O=C(CCc1nccs1)N1CCc2[nH]cnc2[C@H]1c1cc2cccc(C3CC3)c2o1. The van der Waals surface area contributed by atoms with Gasteiger partial charge in [0.05, 0.1) is 17.0 Å². The van der Waals surface area contributed by atoms with Crippen LogP contribution in [-0.4, -0.2) is 32.3 Å². The van der Waals surface area contributed by atoms with E-state index in [2.05, 4.69) is 39.2 Å². The Morgan fingerprint density at radius 2 is 2.23 bits per heavy atom. The van der Waals surface area contributed by atoms with Crippen LogP contribution in [0.3, 0.4) is 0 Å². The number of thiazole rings is 1. The smallest absolute Gasteiger partial charge is 0.223 e. The normalized spacial score (nSPS) is 18.7. The lowest BCUT2D eigenvalue weighted by atomic mass is 9.99. The van der Waals surface area contributed by atoms with Crippen molar-refractivity contribution in [2.45, 2.75) is 44.1 Å². The third kappa shape index (κ3) is 3.04. The van der Waals surface area contributed by atoms with Crippen LogP contribution in [0.25, 0.3) is 11.0 Å². The van der Waals surface area contributed by atoms with Crippen LogP contribution in [0.5, 0.6) is 0 Å². The van der Waals surface area contributed by atoms with Crippen LogP contribution >= 0.6 is 11.3 Å². The van der Waals surface area contributed by atoms with Gasteiger partial charge in [0.15, 0.2) is 0 Å². The maximum absolute atomic E-state index is 13.2. The van der Waals surface area contributed by atoms with Gasteiger partial charge in [-0.25, -0.2) is 9.97 Å². The number of hydrogen-bond donors (Lipinski definition) is 1. The lowest BCUT2D eigenvalue weighted by Gasteiger charge is -2.33. The summed E-state index contributed by atoms with van der Waals surface area (Å²) in [5.41, 5.74) is 4.24. The van der Waals surface area contributed by atoms with E-state index < -0.39 is 0 Å². The van der Waals surface area contributed by atoms with Crippen molar-refractivity contribution < 1.29 is 9.21 Å². The van der Waals surface area contributed by atoms with Gasteiger partial charge in [-0.2, -0.15) is 0 Å². The minimum absolute atomic E-state index is 0.117. The molecule has 3 aromatic heterocycles. The number of para-hydroxylation sites is 1. The summed E-state index contributed by atoms with van der Waals surface area (Å²) in [4.78, 5) is 27.3. The first-order valence-electron chi connectivity index (χ1n) is 10.5. The van der Waals surface area contributed by atoms with Crippen LogP contribution in [0.2, 0.25) is 0 Å². The maximum atomic E-state index is 13.2. The van der Waals surface area contributed by atoms with Crippen molar-refractivity contribution in [3.05, 3.63) is 69.9 Å². The molecule has 1 amide bonds. The number of hydrogen-bond acceptors (Lipinski definition) is 5. The van der Waals surface area contributed by atoms with E-state index in [-0.39, 0.29) is 11.9 Å². The summed E-state index contributed by atoms with van der Waals surface area (Å²) in [6.45, 7) is 0.656. The predicted octanol–water partition coefficient (Wildman–Crippen LogP) is 4.60. The number of nitrogens with one attached hydrogen (secondary N) is 1. The van der Waals surface area contributed by atoms with Crippen molar-refractivity contribution in [1.29, 1.82) is 0 Å². The second-order valence-corrected chi connectivity index (χ2v) is 9.10. The highest BCUT2D eigenvalue weighted by Crippen LogP contribution is 2.45. The molecular formula is C23H22N4O2S. The molecule has 6 rings (SSSR count). The van der Waals surface area contributed by atoms with Gasteiger partial charge in [-0.05, 0) is 30.4 Å².